The second-order valence-electron chi connectivity index (χ2n) is 3.87. The first-order valence-electron chi connectivity index (χ1n) is 4.90. The van der Waals surface area contributed by atoms with E-state index >= 15 is 0 Å². The summed E-state index contributed by atoms with van der Waals surface area (Å²) in [6, 6.07) is 0. The molecule has 0 aromatic heterocycles. The molecule has 2 nitrogen and oxygen atoms in total. The van der Waals surface area contributed by atoms with Gasteiger partial charge in [-0.2, -0.15) is 13.2 Å². The van der Waals surface area contributed by atoms with Crippen LogP contribution in [0.2, 0.25) is 0 Å². The van der Waals surface area contributed by atoms with Crippen LogP contribution in [0.5, 0.6) is 0 Å². The molecule has 0 spiro atoms. The van der Waals surface area contributed by atoms with Crippen LogP contribution < -0.4 is 0 Å². The number of hydrogen-bond acceptors (Lipinski definition) is 2. The van der Waals surface area contributed by atoms with Gasteiger partial charge < -0.3 is 9.64 Å². The maximum Gasteiger partial charge on any atom is 0.402 e. The first-order valence-corrected chi connectivity index (χ1v) is 5.82. The Morgan fingerprint density at radius 2 is 2.20 bits per heavy atom. The quantitative estimate of drug-likeness (QED) is 0.737. The van der Waals surface area contributed by atoms with Gasteiger partial charge in [-0.1, -0.05) is 15.9 Å². The van der Waals surface area contributed by atoms with Crippen LogP contribution in [0.15, 0.2) is 0 Å². The minimum Gasteiger partial charge on any atom is -0.377 e. The van der Waals surface area contributed by atoms with Gasteiger partial charge in [0.25, 0.3) is 0 Å². The Bertz CT molecular complexity index is 194. The highest BCUT2D eigenvalue weighted by atomic mass is 79.9. The molecule has 1 aliphatic rings. The molecule has 0 amide bonds. The minimum atomic E-state index is -4.18. The Balaban J connectivity index is 2.25. The molecule has 2 unspecified atom stereocenters. The van der Waals surface area contributed by atoms with Crippen molar-refractivity contribution in [3.05, 3.63) is 0 Å². The summed E-state index contributed by atoms with van der Waals surface area (Å²) in [6.45, 7) is 1.26. The van der Waals surface area contributed by atoms with Gasteiger partial charge in [0.05, 0.1) is 6.10 Å². The summed E-state index contributed by atoms with van der Waals surface area (Å²) in [5, 5.41) is 0. The van der Waals surface area contributed by atoms with Gasteiger partial charge in [0.2, 0.25) is 0 Å². The molecule has 1 heterocycles. The molecule has 2 atom stereocenters. The molecular formula is C9H15BrF3NO. The largest absolute Gasteiger partial charge is 0.402 e. The van der Waals surface area contributed by atoms with E-state index < -0.39 is 11.0 Å². The number of likely N-dealkylation sites (N-methyl/N-ethyl adjacent to an activating group) is 1. The molecule has 0 saturated carbocycles. The van der Waals surface area contributed by atoms with Gasteiger partial charge in [0, 0.05) is 19.7 Å². The highest BCUT2D eigenvalue weighted by Gasteiger charge is 2.38. The smallest absolute Gasteiger partial charge is 0.377 e. The van der Waals surface area contributed by atoms with Crippen molar-refractivity contribution in [2.75, 3.05) is 26.7 Å². The van der Waals surface area contributed by atoms with Crippen molar-refractivity contribution in [3.63, 3.8) is 0 Å². The number of rotatable bonds is 4. The summed E-state index contributed by atoms with van der Waals surface area (Å²) in [7, 11) is 1.68. The summed E-state index contributed by atoms with van der Waals surface area (Å²) in [5.41, 5.74) is 0. The van der Waals surface area contributed by atoms with E-state index in [9.17, 15) is 13.2 Å². The number of nitrogens with zero attached hydrogens (tertiary/aromatic N) is 1. The van der Waals surface area contributed by atoms with E-state index in [0.29, 0.717) is 6.54 Å². The molecule has 1 aliphatic heterocycles. The number of alkyl halides is 4. The van der Waals surface area contributed by atoms with Crippen LogP contribution in [0.1, 0.15) is 12.8 Å². The molecule has 0 bridgehead atoms. The van der Waals surface area contributed by atoms with E-state index in [4.69, 9.17) is 4.74 Å². The van der Waals surface area contributed by atoms with Crippen molar-refractivity contribution in [3.8, 4) is 0 Å². The second kappa shape index (κ2) is 5.50. The van der Waals surface area contributed by atoms with Gasteiger partial charge in [0.1, 0.15) is 4.83 Å². The Morgan fingerprint density at radius 1 is 1.53 bits per heavy atom. The average molecular weight is 290 g/mol. The van der Waals surface area contributed by atoms with Crippen LogP contribution >= 0.6 is 15.9 Å². The molecule has 0 radical (unpaired) electrons. The maximum absolute atomic E-state index is 12.2. The zero-order chi connectivity index (χ0) is 11.5. The first kappa shape index (κ1) is 13.3. The molecule has 1 saturated heterocycles. The van der Waals surface area contributed by atoms with E-state index in [2.05, 4.69) is 15.9 Å². The molecular weight excluding hydrogens is 275 g/mol. The van der Waals surface area contributed by atoms with Gasteiger partial charge in [0.15, 0.2) is 0 Å². The van der Waals surface area contributed by atoms with Crippen molar-refractivity contribution in [1.82, 2.24) is 4.90 Å². The normalized spacial score (nSPS) is 24.8. The lowest BCUT2D eigenvalue weighted by molar-refractivity contribution is -0.130. The molecule has 90 valence electrons. The van der Waals surface area contributed by atoms with Crippen molar-refractivity contribution >= 4 is 15.9 Å². The Kier molecular flexibility index (Phi) is 4.86. The number of halogens is 4. The van der Waals surface area contributed by atoms with Crippen LogP contribution in [-0.4, -0.2) is 48.8 Å². The SMILES string of the molecule is CN(CC1CCCO1)CC(Br)C(F)(F)F. The fraction of sp³-hybridized carbons (Fsp3) is 1.00. The summed E-state index contributed by atoms with van der Waals surface area (Å²) < 4.78 is 42.0. The molecule has 1 rings (SSSR count). The molecule has 1 fully saturated rings. The third-order valence-corrected chi connectivity index (χ3v) is 3.18. The van der Waals surface area contributed by atoms with E-state index in [0.717, 1.165) is 19.4 Å². The maximum atomic E-state index is 12.2. The van der Waals surface area contributed by atoms with E-state index in [1.165, 1.54) is 0 Å². The van der Waals surface area contributed by atoms with Crippen molar-refractivity contribution in [2.45, 2.75) is 29.9 Å². The highest BCUT2D eigenvalue weighted by molar-refractivity contribution is 9.09. The molecule has 6 heteroatoms. The zero-order valence-corrected chi connectivity index (χ0v) is 10.1. The van der Waals surface area contributed by atoms with Gasteiger partial charge in [-0.05, 0) is 19.9 Å². The Morgan fingerprint density at radius 3 is 2.67 bits per heavy atom. The minimum absolute atomic E-state index is 0.0383. The van der Waals surface area contributed by atoms with Crippen LogP contribution in [0.25, 0.3) is 0 Å². The Hall–Kier alpha value is 0.190. The fourth-order valence-corrected chi connectivity index (χ4v) is 2.08. The Labute approximate surface area is 95.9 Å². The fourth-order valence-electron chi connectivity index (χ4n) is 1.59. The monoisotopic (exact) mass is 289 g/mol. The van der Waals surface area contributed by atoms with E-state index in [1.54, 1.807) is 11.9 Å². The van der Waals surface area contributed by atoms with Gasteiger partial charge in [-0.3, -0.25) is 0 Å². The van der Waals surface area contributed by atoms with Gasteiger partial charge in [-0.15, -0.1) is 0 Å². The lowest BCUT2D eigenvalue weighted by atomic mass is 10.2. The highest BCUT2D eigenvalue weighted by Crippen LogP contribution is 2.27. The standard InChI is InChI=1S/C9H15BrF3NO/c1-14(5-7-3-2-4-15-7)6-8(10)9(11,12)13/h7-8H,2-6H2,1H3. The predicted octanol–water partition coefficient (Wildman–Crippen LogP) is 2.42. The average Bonchev–Trinajstić information content (AvgIpc) is 2.54. The molecule has 0 aromatic rings. The third-order valence-electron chi connectivity index (χ3n) is 2.37. The van der Waals surface area contributed by atoms with E-state index in [-0.39, 0.29) is 12.6 Å². The van der Waals surface area contributed by atoms with Crippen LogP contribution in [0.4, 0.5) is 13.2 Å². The molecule has 15 heavy (non-hydrogen) atoms. The summed E-state index contributed by atoms with van der Waals surface area (Å²) in [4.78, 5) is 0.194. The lowest BCUT2D eigenvalue weighted by Crippen LogP contribution is -2.38. The van der Waals surface area contributed by atoms with Crippen LogP contribution in [-0.2, 0) is 4.74 Å². The van der Waals surface area contributed by atoms with Crippen LogP contribution in [0.3, 0.4) is 0 Å². The number of hydrogen-bond donors (Lipinski definition) is 0. The topological polar surface area (TPSA) is 12.5 Å². The van der Waals surface area contributed by atoms with Crippen LogP contribution in [0, 0.1) is 0 Å². The summed E-state index contributed by atoms with van der Waals surface area (Å²) >= 11 is 2.64. The van der Waals surface area contributed by atoms with Gasteiger partial charge in [-0.25, -0.2) is 0 Å². The number of ether oxygens (including phenoxy) is 1. The summed E-state index contributed by atoms with van der Waals surface area (Å²) in [5.74, 6) is 0. The van der Waals surface area contributed by atoms with Crippen molar-refractivity contribution < 1.29 is 17.9 Å². The van der Waals surface area contributed by atoms with E-state index in [1.807, 2.05) is 0 Å². The zero-order valence-electron chi connectivity index (χ0n) is 8.56. The van der Waals surface area contributed by atoms with Gasteiger partial charge >= 0.3 is 6.18 Å². The second-order valence-corrected chi connectivity index (χ2v) is 4.97. The predicted molar refractivity (Wildman–Crippen MR) is 55.2 cm³/mol. The molecule has 0 N–H and O–H groups in total. The van der Waals surface area contributed by atoms with Crippen molar-refractivity contribution in [2.24, 2.45) is 0 Å². The molecule has 0 aromatic carbocycles. The molecule has 0 aliphatic carbocycles. The van der Waals surface area contributed by atoms with Crippen molar-refractivity contribution in [1.29, 1.82) is 0 Å². The third kappa shape index (κ3) is 4.70. The lowest BCUT2D eigenvalue weighted by Gasteiger charge is -2.24. The summed E-state index contributed by atoms with van der Waals surface area (Å²) in [6.07, 6.45) is -2.12. The first-order chi connectivity index (χ1) is 6.89.